The number of carbonyl (C=O) groups excluding carboxylic acids is 3. The van der Waals surface area contributed by atoms with Gasteiger partial charge in [-0.05, 0) is 129 Å². The highest BCUT2D eigenvalue weighted by molar-refractivity contribution is 6.33. The Morgan fingerprint density at radius 3 is 2.74 bits per heavy atom. The van der Waals surface area contributed by atoms with Gasteiger partial charge < -0.3 is 46.9 Å². The lowest BCUT2D eigenvalue weighted by atomic mass is 9.68. The number of dihydropyridines is 2. The highest BCUT2D eigenvalue weighted by atomic mass is 16.7. The minimum absolute atomic E-state index is 0.00917. The monoisotopic (exact) mass is 847 g/mol. The highest BCUT2D eigenvalue weighted by Crippen LogP contribution is 2.60. The van der Waals surface area contributed by atoms with E-state index in [0.29, 0.717) is 36.3 Å². The Kier molecular flexibility index (Phi) is 12.7. The number of allylic oxidation sites excluding steroid dienone is 8. The van der Waals surface area contributed by atoms with Crippen molar-refractivity contribution in [2.24, 2.45) is 23.0 Å². The van der Waals surface area contributed by atoms with Gasteiger partial charge in [0.15, 0.2) is 11.4 Å². The number of ketones is 2. The second kappa shape index (κ2) is 17.9. The molecule has 8 rings (SSSR count). The third kappa shape index (κ3) is 8.32. The van der Waals surface area contributed by atoms with Crippen LogP contribution in [0.1, 0.15) is 112 Å². The lowest BCUT2D eigenvalue weighted by molar-refractivity contribution is -0.150. The number of benzene rings is 1. The Hall–Kier alpha value is -4.59. The maximum Gasteiger partial charge on any atom is 0.350 e. The van der Waals surface area contributed by atoms with Gasteiger partial charge in [-0.3, -0.25) is 9.59 Å². The molecule has 1 saturated heterocycles. The van der Waals surface area contributed by atoms with Gasteiger partial charge in [0.2, 0.25) is 5.78 Å². The van der Waals surface area contributed by atoms with Gasteiger partial charge in [-0.15, -0.1) is 0 Å². The number of ether oxygens (including phenoxy) is 2. The van der Waals surface area contributed by atoms with Gasteiger partial charge in [-0.1, -0.05) is 74.9 Å². The molecule has 4 heterocycles. The zero-order valence-corrected chi connectivity index (χ0v) is 37.1. The molecule has 0 radical (unpaired) electrons. The third-order valence-corrected chi connectivity index (χ3v) is 14.3. The lowest BCUT2D eigenvalue weighted by Crippen LogP contribution is -2.52. The SMILES string of the molecule is CCNC1C=C2C=CCCC2CC1COC(=O)C12OC1(CC(CO)=C(C)CCC1=CCNC3=C1CCC(NC)N3)C(=O)c1cccc(CC(C)(C)CC3=CNC(N)C=C3)c1C2=O. The van der Waals surface area contributed by atoms with E-state index < -0.39 is 28.7 Å². The molecule has 12 nitrogen and oxygen atoms in total. The second-order valence-corrected chi connectivity index (χ2v) is 19.1. The maximum absolute atomic E-state index is 15.3. The summed E-state index contributed by atoms with van der Waals surface area (Å²) in [6.45, 7) is 9.49. The number of carbonyl (C=O) groups is 3. The zero-order chi connectivity index (χ0) is 43.8. The predicted molar refractivity (Wildman–Crippen MR) is 241 cm³/mol. The zero-order valence-electron chi connectivity index (χ0n) is 37.1. The largest absolute Gasteiger partial charge is 0.463 e. The summed E-state index contributed by atoms with van der Waals surface area (Å²) in [6, 6.07) is 5.36. The Balaban J connectivity index is 1.09. The molecular formula is C50H66N6O6. The molecule has 0 aromatic heterocycles. The molecule has 3 aliphatic carbocycles. The Labute approximate surface area is 366 Å². The molecule has 7 aliphatic rings. The molecule has 0 amide bonds. The van der Waals surface area contributed by atoms with E-state index in [1.807, 2.05) is 44.5 Å². The van der Waals surface area contributed by atoms with Crippen LogP contribution in [0.2, 0.25) is 0 Å². The average molecular weight is 847 g/mol. The first kappa shape index (κ1) is 44.0. The second-order valence-electron chi connectivity index (χ2n) is 19.1. The molecule has 1 aromatic carbocycles. The van der Waals surface area contributed by atoms with Crippen molar-refractivity contribution in [1.82, 2.24) is 26.6 Å². The van der Waals surface area contributed by atoms with E-state index in [2.05, 4.69) is 71.7 Å². The van der Waals surface area contributed by atoms with Crippen molar-refractivity contribution < 1.29 is 29.0 Å². The van der Waals surface area contributed by atoms with Gasteiger partial charge in [-0.2, -0.15) is 0 Å². The Morgan fingerprint density at radius 2 is 1.98 bits per heavy atom. The number of rotatable bonds is 16. The number of nitrogens with two attached hydrogens (primary N) is 1. The van der Waals surface area contributed by atoms with Crippen LogP contribution in [0.3, 0.4) is 0 Å². The number of nitrogens with one attached hydrogen (secondary N) is 5. The number of hydrogen-bond acceptors (Lipinski definition) is 12. The van der Waals surface area contributed by atoms with Crippen LogP contribution in [0.4, 0.5) is 0 Å². The van der Waals surface area contributed by atoms with E-state index in [0.717, 1.165) is 68.6 Å². The number of Topliss-reactive ketones (excluding diaryl/α,β-unsaturated/α-hetero) is 2. The van der Waals surface area contributed by atoms with Gasteiger partial charge in [-0.25, -0.2) is 4.79 Å². The smallest absolute Gasteiger partial charge is 0.350 e. The van der Waals surface area contributed by atoms with Crippen LogP contribution >= 0.6 is 0 Å². The Bertz CT molecular complexity index is 2200. The molecule has 8 N–H and O–H groups in total. The van der Waals surface area contributed by atoms with E-state index >= 15 is 9.59 Å². The molecule has 4 aliphatic heterocycles. The first-order chi connectivity index (χ1) is 29.8. The number of hydrogen-bond donors (Lipinski definition) is 7. The summed E-state index contributed by atoms with van der Waals surface area (Å²) in [5.41, 5.74) is 9.22. The molecule has 0 saturated carbocycles. The molecule has 7 unspecified atom stereocenters. The minimum atomic E-state index is -2.17. The summed E-state index contributed by atoms with van der Waals surface area (Å²) in [5, 5.41) is 28.0. The van der Waals surface area contributed by atoms with Crippen molar-refractivity contribution in [3.05, 3.63) is 117 Å². The average Bonchev–Trinajstić information content (AvgIpc) is 3.97. The third-order valence-electron chi connectivity index (χ3n) is 14.3. The maximum atomic E-state index is 15.3. The fraction of sp³-hybridized carbons (Fsp3) is 0.540. The van der Waals surface area contributed by atoms with Crippen molar-refractivity contribution in [2.45, 2.75) is 121 Å². The van der Waals surface area contributed by atoms with Gasteiger partial charge in [0.05, 0.1) is 25.5 Å². The van der Waals surface area contributed by atoms with Crippen LogP contribution in [0, 0.1) is 17.3 Å². The number of aliphatic hydroxyl groups is 1. The van der Waals surface area contributed by atoms with Crippen molar-refractivity contribution in [3.63, 3.8) is 0 Å². The fourth-order valence-electron chi connectivity index (χ4n) is 10.9. The van der Waals surface area contributed by atoms with E-state index in [-0.39, 0.29) is 60.5 Å². The quantitative estimate of drug-likeness (QED) is 0.0486. The molecule has 0 spiro atoms. The van der Waals surface area contributed by atoms with Crippen molar-refractivity contribution in [1.29, 1.82) is 0 Å². The summed E-state index contributed by atoms with van der Waals surface area (Å²) < 4.78 is 12.7. The first-order valence-corrected chi connectivity index (χ1v) is 22.8. The molecular weight excluding hydrogens is 781 g/mol. The standard InChI is InChI=1S/C50H66N6O6/c1-6-53-40-23-34-11-8-7-10-33(34)22-36(40)29-61-47(60)50-45(59)43-35(25-48(3,4)24-31-15-18-41(51)55-27-31)12-9-13-39(43)44(58)49(50,62-50)26-37(28-57)30(2)14-16-32-20-21-54-46-38(32)17-19-42(52-5)56-46/h8-9,11-13,15,18,20,23,27,33,36,40-42,52-57H,6-7,10,14,16-17,19,21-22,24-26,28-29,51H2,1-5H3. The fourth-order valence-corrected chi connectivity index (χ4v) is 10.9. The summed E-state index contributed by atoms with van der Waals surface area (Å²) in [4.78, 5) is 45.3. The topological polar surface area (TPSA) is 179 Å². The number of esters is 1. The number of fused-ring (bicyclic) bond motifs is 3. The molecule has 332 valence electrons. The van der Waals surface area contributed by atoms with E-state index in [4.69, 9.17) is 15.2 Å². The minimum Gasteiger partial charge on any atom is -0.463 e. The number of likely N-dealkylation sites (N-methyl/N-ethyl adjacent to an activating group) is 1. The van der Waals surface area contributed by atoms with Crippen LogP contribution in [0.15, 0.2) is 100 Å². The molecule has 1 fully saturated rings. The predicted octanol–water partition coefficient (Wildman–Crippen LogP) is 5.44. The van der Waals surface area contributed by atoms with Crippen LogP contribution in [-0.4, -0.2) is 85.6 Å². The van der Waals surface area contributed by atoms with Crippen LogP contribution in [0.5, 0.6) is 0 Å². The summed E-state index contributed by atoms with van der Waals surface area (Å²) >= 11 is 0. The molecule has 1 aromatic rings. The van der Waals surface area contributed by atoms with Crippen LogP contribution in [-0.2, 0) is 20.7 Å². The van der Waals surface area contributed by atoms with Crippen molar-refractivity contribution in [3.8, 4) is 0 Å². The molecule has 12 heteroatoms. The van der Waals surface area contributed by atoms with Gasteiger partial charge >= 0.3 is 5.97 Å². The lowest BCUT2D eigenvalue weighted by Gasteiger charge is -2.36. The Morgan fingerprint density at radius 1 is 1.15 bits per heavy atom. The van der Waals surface area contributed by atoms with Crippen molar-refractivity contribution in [2.75, 3.05) is 33.4 Å². The van der Waals surface area contributed by atoms with Crippen LogP contribution < -0.4 is 32.3 Å². The van der Waals surface area contributed by atoms with E-state index in [1.54, 1.807) is 6.07 Å². The molecule has 7 atom stereocenters. The number of aliphatic hydroxyl groups excluding tert-OH is 1. The normalized spacial score (nSPS) is 30.2. The highest BCUT2D eigenvalue weighted by Gasteiger charge is 2.85. The van der Waals surface area contributed by atoms with E-state index in [1.165, 1.54) is 16.7 Å². The number of epoxide rings is 1. The van der Waals surface area contributed by atoms with Gasteiger partial charge in [0.25, 0.3) is 5.60 Å². The summed E-state index contributed by atoms with van der Waals surface area (Å²) in [7, 11) is 1.95. The first-order valence-electron chi connectivity index (χ1n) is 22.8. The van der Waals surface area contributed by atoms with Crippen LogP contribution in [0.25, 0.3) is 0 Å². The summed E-state index contributed by atoms with van der Waals surface area (Å²) in [5.74, 6) is -0.389. The molecule has 0 bridgehead atoms. The van der Waals surface area contributed by atoms with Crippen molar-refractivity contribution >= 4 is 17.5 Å². The van der Waals surface area contributed by atoms with E-state index in [9.17, 15) is 9.90 Å². The van der Waals surface area contributed by atoms with Gasteiger partial charge in [0.1, 0.15) is 5.82 Å². The molecule has 62 heavy (non-hydrogen) atoms. The summed E-state index contributed by atoms with van der Waals surface area (Å²) in [6.07, 6.45) is 22.0. The van der Waals surface area contributed by atoms with Gasteiger partial charge in [0, 0.05) is 42.3 Å².